The van der Waals surface area contributed by atoms with Gasteiger partial charge in [0.25, 0.3) is 5.91 Å². The van der Waals surface area contributed by atoms with Gasteiger partial charge in [0.1, 0.15) is 11.6 Å². The molecule has 2 rings (SSSR count). The number of halogens is 1. The summed E-state index contributed by atoms with van der Waals surface area (Å²) in [7, 11) is 0. The Balaban J connectivity index is 2.07. The molecule has 0 spiro atoms. The van der Waals surface area contributed by atoms with Gasteiger partial charge in [-0.25, -0.2) is 4.98 Å². The Bertz CT molecular complexity index is 639. The Kier molecular flexibility index (Phi) is 4.48. The molecule has 0 bridgehead atoms. The molecule has 0 saturated carbocycles. The first kappa shape index (κ1) is 15.3. The molecule has 1 amide bonds. The number of aryl methyl sites for hydroxylation is 1. The smallest absolute Gasteiger partial charge is 0.269 e. The van der Waals surface area contributed by atoms with Gasteiger partial charge in [0.05, 0.1) is 0 Å². The normalized spacial score (nSPS) is 11.0. The van der Waals surface area contributed by atoms with Crippen molar-refractivity contribution in [2.24, 2.45) is 0 Å². The number of aromatic nitrogens is 1. The van der Waals surface area contributed by atoms with E-state index in [1.54, 1.807) is 44.2 Å². The Hall–Kier alpha value is -2.07. The molecule has 1 N–H and O–H groups in total. The summed E-state index contributed by atoms with van der Waals surface area (Å²) in [6.45, 7) is 5.27. The molecule has 1 aromatic carbocycles. The predicted octanol–water partition coefficient (Wildman–Crippen LogP) is 3.84. The van der Waals surface area contributed by atoms with E-state index in [1.807, 2.05) is 19.1 Å². The number of benzene rings is 1. The maximum Gasteiger partial charge on any atom is 0.269 e. The van der Waals surface area contributed by atoms with Crippen LogP contribution in [0.5, 0.6) is 5.75 Å². The van der Waals surface area contributed by atoms with Gasteiger partial charge in [-0.3, -0.25) is 4.79 Å². The highest BCUT2D eigenvalue weighted by molar-refractivity contribution is 6.30. The number of pyridine rings is 1. The third-order valence-corrected chi connectivity index (χ3v) is 3.12. The molecule has 0 saturated heterocycles. The van der Waals surface area contributed by atoms with Crippen LogP contribution in [0.25, 0.3) is 0 Å². The molecular formula is C16H17ClN2O2. The van der Waals surface area contributed by atoms with E-state index in [2.05, 4.69) is 10.3 Å². The lowest BCUT2D eigenvalue weighted by molar-refractivity contribution is -0.128. The number of hydrogen-bond donors (Lipinski definition) is 1. The summed E-state index contributed by atoms with van der Waals surface area (Å²) in [4.78, 5) is 16.6. The second kappa shape index (κ2) is 6.14. The molecule has 0 unspecified atom stereocenters. The van der Waals surface area contributed by atoms with Gasteiger partial charge in [0.2, 0.25) is 0 Å². The molecule has 5 heteroatoms. The van der Waals surface area contributed by atoms with Crippen molar-refractivity contribution in [3.8, 4) is 5.75 Å². The molecule has 0 radical (unpaired) electrons. The fourth-order valence-electron chi connectivity index (χ4n) is 1.72. The highest BCUT2D eigenvalue weighted by Crippen LogP contribution is 2.21. The molecule has 0 atom stereocenters. The zero-order valence-electron chi connectivity index (χ0n) is 12.2. The van der Waals surface area contributed by atoms with E-state index in [1.165, 1.54) is 0 Å². The lowest BCUT2D eigenvalue weighted by atomic mass is 10.1. The zero-order valence-corrected chi connectivity index (χ0v) is 12.9. The van der Waals surface area contributed by atoms with Crippen molar-refractivity contribution in [3.63, 3.8) is 0 Å². The van der Waals surface area contributed by atoms with E-state index < -0.39 is 5.60 Å². The van der Waals surface area contributed by atoms with Crippen LogP contribution in [0.1, 0.15) is 19.5 Å². The third kappa shape index (κ3) is 4.20. The SMILES string of the molecule is Cc1cccc(NC(=O)C(C)(C)Oc2ccc(Cl)cc2)n1. The molecule has 4 nitrogen and oxygen atoms in total. The first-order valence-corrected chi connectivity index (χ1v) is 6.94. The Morgan fingerprint density at radius 3 is 2.48 bits per heavy atom. The average molecular weight is 305 g/mol. The van der Waals surface area contributed by atoms with E-state index in [0.29, 0.717) is 16.6 Å². The summed E-state index contributed by atoms with van der Waals surface area (Å²) in [6, 6.07) is 12.3. The summed E-state index contributed by atoms with van der Waals surface area (Å²) in [5, 5.41) is 3.37. The fraction of sp³-hybridized carbons (Fsp3) is 0.250. The van der Waals surface area contributed by atoms with E-state index in [0.717, 1.165) is 5.69 Å². The molecule has 0 aliphatic heterocycles. The third-order valence-electron chi connectivity index (χ3n) is 2.86. The second-order valence-corrected chi connectivity index (χ2v) is 5.62. The monoisotopic (exact) mass is 304 g/mol. The summed E-state index contributed by atoms with van der Waals surface area (Å²) in [5.74, 6) is 0.820. The van der Waals surface area contributed by atoms with E-state index >= 15 is 0 Å². The van der Waals surface area contributed by atoms with Crippen LogP contribution in [0, 0.1) is 6.92 Å². The lowest BCUT2D eigenvalue weighted by Crippen LogP contribution is -2.42. The summed E-state index contributed by atoms with van der Waals surface area (Å²) < 4.78 is 5.72. The zero-order chi connectivity index (χ0) is 15.5. The van der Waals surface area contributed by atoms with Gasteiger partial charge in [-0.1, -0.05) is 17.7 Å². The van der Waals surface area contributed by atoms with E-state index in [4.69, 9.17) is 16.3 Å². The minimum atomic E-state index is -1.03. The lowest BCUT2D eigenvalue weighted by Gasteiger charge is -2.25. The Morgan fingerprint density at radius 1 is 1.19 bits per heavy atom. The van der Waals surface area contributed by atoms with E-state index in [-0.39, 0.29) is 5.91 Å². The standard InChI is InChI=1S/C16H17ClN2O2/c1-11-5-4-6-14(18-11)19-15(20)16(2,3)21-13-9-7-12(17)8-10-13/h4-10H,1-3H3,(H,18,19,20). The molecule has 110 valence electrons. The number of ether oxygens (including phenoxy) is 1. The van der Waals surface area contributed by atoms with Crippen LogP contribution >= 0.6 is 11.6 Å². The molecule has 1 heterocycles. The summed E-state index contributed by atoms with van der Waals surface area (Å²) >= 11 is 5.82. The maximum atomic E-state index is 12.3. The minimum Gasteiger partial charge on any atom is -0.478 e. The van der Waals surface area contributed by atoms with Crippen LogP contribution in [0.15, 0.2) is 42.5 Å². The predicted molar refractivity (Wildman–Crippen MR) is 83.8 cm³/mol. The number of carbonyl (C=O) groups excluding carboxylic acids is 1. The van der Waals surface area contributed by atoms with Crippen molar-refractivity contribution in [1.82, 2.24) is 4.98 Å². The number of hydrogen-bond acceptors (Lipinski definition) is 3. The number of nitrogens with one attached hydrogen (secondary N) is 1. The molecule has 21 heavy (non-hydrogen) atoms. The number of amides is 1. The fourth-order valence-corrected chi connectivity index (χ4v) is 1.85. The van der Waals surface area contributed by atoms with Crippen LogP contribution in [-0.2, 0) is 4.79 Å². The van der Waals surface area contributed by atoms with Gasteiger partial charge < -0.3 is 10.1 Å². The van der Waals surface area contributed by atoms with Crippen LogP contribution in [0.4, 0.5) is 5.82 Å². The van der Waals surface area contributed by atoms with Gasteiger partial charge in [-0.15, -0.1) is 0 Å². The van der Waals surface area contributed by atoms with Gasteiger partial charge in [0.15, 0.2) is 5.60 Å². The quantitative estimate of drug-likeness (QED) is 0.933. The van der Waals surface area contributed by atoms with Crippen molar-refractivity contribution < 1.29 is 9.53 Å². The first-order chi connectivity index (χ1) is 9.87. The molecule has 1 aromatic heterocycles. The molecule has 0 aliphatic carbocycles. The number of rotatable bonds is 4. The van der Waals surface area contributed by atoms with Crippen LogP contribution in [0.2, 0.25) is 5.02 Å². The topological polar surface area (TPSA) is 51.2 Å². The maximum absolute atomic E-state index is 12.3. The summed E-state index contributed by atoms with van der Waals surface area (Å²) in [5.41, 5.74) is -0.191. The summed E-state index contributed by atoms with van der Waals surface area (Å²) in [6.07, 6.45) is 0. The van der Waals surface area contributed by atoms with Crippen LogP contribution in [0.3, 0.4) is 0 Å². The second-order valence-electron chi connectivity index (χ2n) is 5.18. The first-order valence-electron chi connectivity index (χ1n) is 6.56. The van der Waals surface area contributed by atoms with Crippen LogP contribution < -0.4 is 10.1 Å². The largest absolute Gasteiger partial charge is 0.478 e. The van der Waals surface area contributed by atoms with Crippen molar-refractivity contribution in [1.29, 1.82) is 0 Å². The minimum absolute atomic E-state index is 0.268. The van der Waals surface area contributed by atoms with Gasteiger partial charge in [-0.05, 0) is 57.2 Å². The van der Waals surface area contributed by atoms with Gasteiger partial charge in [0, 0.05) is 10.7 Å². The average Bonchev–Trinajstić information content (AvgIpc) is 2.41. The molecule has 2 aromatic rings. The number of anilines is 1. The highest BCUT2D eigenvalue weighted by Gasteiger charge is 2.30. The van der Waals surface area contributed by atoms with Crippen molar-refractivity contribution in [2.75, 3.05) is 5.32 Å². The molecule has 0 fully saturated rings. The van der Waals surface area contributed by atoms with Crippen LogP contribution in [-0.4, -0.2) is 16.5 Å². The Morgan fingerprint density at radius 2 is 1.86 bits per heavy atom. The van der Waals surface area contributed by atoms with Gasteiger partial charge in [-0.2, -0.15) is 0 Å². The van der Waals surface area contributed by atoms with E-state index in [9.17, 15) is 4.79 Å². The Labute approximate surface area is 129 Å². The van der Waals surface area contributed by atoms with Crippen molar-refractivity contribution in [2.45, 2.75) is 26.4 Å². The molecular weight excluding hydrogens is 288 g/mol. The van der Waals surface area contributed by atoms with Crippen molar-refractivity contribution >= 4 is 23.3 Å². The van der Waals surface area contributed by atoms with Gasteiger partial charge >= 0.3 is 0 Å². The number of carbonyl (C=O) groups is 1. The van der Waals surface area contributed by atoms with Crippen molar-refractivity contribution in [3.05, 3.63) is 53.2 Å². The number of nitrogens with zero attached hydrogens (tertiary/aromatic N) is 1. The molecule has 0 aliphatic rings. The highest BCUT2D eigenvalue weighted by atomic mass is 35.5.